The molecule has 74 valence electrons. The van der Waals surface area contributed by atoms with Crippen molar-refractivity contribution in [3.8, 4) is 0 Å². The smallest absolute Gasteiger partial charge is 0.328 e. The van der Waals surface area contributed by atoms with Gasteiger partial charge in [0.25, 0.3) is 0 Å². The Hall–Kier alpha value is -1.09. The van der Waals surface area contributed by atoms with Gasteiger partial charge >= 0.3 is 5.97 Å². The van der Waals surface area contributed by atoms with Gasteiger partial charge in [-0.1, -0.05) is 17.2 Å². The molecule has 0 aliphatic carbocycles. The number of carboxylic acids is 1. The van der Waals surface area contributed by atoms with Gasteiger partial charge in [0.15, 0.2) is 0 Å². The third-order valence-electron chi connectivity index (χ3n) is 1.65. The minimum atomic E-state index is -0.902. The molecule has 0 heterocycles. The van der Waals surface area contributed by atoms with Gasteiger partial charge in [-0.25, -0.2) is 4.79 Å². The third kappa shape index (κ3) is 7.28. The van der Waals surface area contributed by atoms with Gasteiger partial charge in [-0.15, -0.1) is 0 Å². The first-order chi connectivity index (χ1) is 6.06. The zero-order chi connectivity index (χ0) is 10.3. The number of carbonyl (C=O) groups is 1. The van der Waals surface area contributed by atoms with Crippen LogP contribution in [0.3, 0.4) is 0 Å². The Bertz CT molecular complexity index is 226. The van der Waals surface area contributed by atoms with Crippen LogP contribution in [0.5, 0.6) is 0 Å². The Morgan fingerprint density at radius 2 is 1.92 bits per heavy atom. The van der Waals surface area contributed by atoms with Crippen LogP contribution >= 0.6 is 0 Å². The molecule has 0 amide bonds. The monoisotopic (exact) mass is 184 g/mol. The lowest BCUT2D eigenvalue weighted by Gasteiger charge is -1.97. The molecule has 0 saturated carbocycles. The fourth-order valence-corrected chi connectivity index (χ4v) is 0.894. The van der Waals surface area contributed by atoms with Gasteiger partial charge in [-0.2, -0.15) is 0 Å². The lowest BCUT2D eigenvalue weighted by atomic mass is 10.1. The number of aliphatic carboxylic acids is 1. The molecule has 0 rings (SSSR count). The van der Waals surface area contributed by atoms with E-state index in [1.807, 2.05) is 13.0 Å². The Labute approximate surface area is 78.4 Å². The normalized spacial score (nSPS) is 13.2. The summed E-state index contributed by atoms with van der Waals surface area (Å²) >= 11 is 0. The highest BCUT2D eigenvalue weighted by Gasteiger charge is 1.93. The van der Waals surface area contributed by atoms with Gasteiger partial charge in [0.2, 0.25) is 0 Å². The van der Waals surface area contributed by atoms with Crippen LogP contribution in [0.1, 0.15) is 26.7 Å². The molecule has 0 unspecified atom stereocenters. The molecule has 0 spiro atoms. The van der Waals surface area contributed by atoms with Crippen molar-refractivity contribution in [2.24, 2.45) is 0 Å². The summed E-state index contributed by atoms with van der Waals surface area (Å²) in [7, 11) is 0. The molecule has 0 aliphatic heterocycles. The van der Waals surface area contributed by atoms with Crippen LogP contribution in [0.4, 0.5) is 0 Å². The lowest BCUT2D eigenvalue weighted by Crippen LogP contribution is -1.90. The molecule has 0 atom stereocenters. The third-order valence-corrected chi connectivity index (χ3v) is 1.65. The van der Waals surface area contributed by atoms with Crippen LogP contribution in [0, 0.1) is 0 Å². The highest BCUT2D eigenvalue weighted by atomic mass is 16.4. The predicted octanol–water partition coefficient (Wildman–Crippen LogP) is 1.74. The van der Waals surface area contributed by atoms with E-state index in [1.165, 1.54) is 6.08 Å². The van der Waals surface area contributed by atoms with Crippen LogP contribution in [0.15, 0.2) is 23.3 Å². The molecule has 0 aromatic heterocycles. The molecule has 3 heteroatoms. The van der Waals surface area contributed by atoms with E-state index in [2.05, 4.69) is 0 Å². The van der Waals surface area contributed by atoms with Crippen LogP contribution in [-0.2, 0) is 4.79 Å². The molecule has 2 N–H and O–H groups in total. The molecule has 3 nitrogen and oxygen atoms in total. The summed E-state index contributed by atoms with van der Waals surface area (Å²) in [5.41, 5.74) is 1.76. The number of hydrogen-bond acceptors (Lipinski definition) is 2. The van der Waals surface area contributed by atoms with Crippen molar-refractivity contribution in [1.82, 2.24) is 0 Å². The van der Waals surface area contributed by atoms with E-state index < -0.39 is 5.97 Å². The second-order valence-corrected chi connectivity index (χ2v) is 3.08. The van der Waals surface area contributed by atoms with Crippen LogP contribution in [0.2, 0.25) is 0 Å². The lowest BCUT2D eigenvalue weighted by molar-refractivity contribution is -0.131. The zero-order valence-corrected chi connectivity index (χ0v) is 8.08. The summed E-state index contributed by atoms with van der Waals surface area (Å²) in [6.45, 7) is 3.70. The first kappa shape index (κ1) is 11.9. The molecule has 0 bridgehead atoms. The van der Waals surface area contributed by atoms with E-state index in [4.69, 9.17) is 10.2 Å². The van der Waals surface area contributed by atoms with Gasteiger partial charge < -0.3 is 10.2 Å². The summed E-state index contributed by atoms with van der Waals surface area (Å²) in [5, 5.41) is 17.1. The number of aliphatic hydroxyl groups excluding tert-OH is 1. The minimum absolute atomic E-state index is 0.0711. The maximum Gasteiger partial charge on any atom is 0.328 e. The number of aliphatic hydroxyl groups is 1. The van der Waals surface area contributed by atoms with E-state index in [0.29, 0.717) is 0 Å². The SMILES string of the molecule is C/C(=C/C(=O)O)CC/C=C(\C)CO. The summed E-state index contributed by atoms with van der Waals surface area (Å²) in [5.74, 6) is -0.902. The topological polar surface area (TPSA) is 57.5 Å². The van der Waals surface area contributed by atoms with Gasteiger partial charge in [0, 0.05) is 6.08 Å². The fourth-order valence-electron chi connectivity index (χ4n) is 0.894. The Kier molecular flexibility index (Phi) is 5.89. The number of hydrogen-bond donors (Lipinski definition) is 2. The molecule has 0 aromatic carbocycles. The van der Waals surface area contributed by atoms with Gasteiger partial charge in [-0.3, -0.25) is 0 Å². The molecule has 0 aromatic rings. The average molecular weight is 184 g/mol. The maximum atomic E-state index is 10.2. The quantitative estimate of drug-likeness (QED) is 0.505. The van der Waals surface area contributed by atoms with E-state index in [1.54, 1.807) is 6.92 Å². The standard InChI is InChI=1S/C10H16O3/c1-8(6-10(12)13)4-3-5-9(2)7-11/h5-6,11H,3-4,7H2,1-2H3,(H,12,13)/b8-6-,9-5+. The highest BCUT2D eigenvalue weighted by Crippen LogP contribution is 2.06. The fraction of sp³-hybridized carbons (Fsp3) is 0.500. The average Bonchev–Trinajstić information content (AvgIpc) is 2.02. The predicted molar refractivity (Wildman–Crippen MR) is 51.5 cm³/mol. The summed E-state index contributed by atoms with van der Waals surface area (Å²) in [4.78, 5) is 10.2. The Morgan fingerprint density at radius 1 is 1.31 bits per heavy atom. The van der Waals surface area contributed by atoms with Crippen molar-refractivity contribution in [3.63, 3.8) is 0 Å². The second kappa shape index (κ2) is 6.43. The Balaban J connectivity index is 3.83. The van der Waals surface area contributed by atoms with E-state index in [-0.39, 0.29) is 6.61 Å². The van der Waals surface area contributed by atoms with Crippen molar-refractivity contribution >= 4 is 5.97 Å². The van der Waals surface area contributed by atoms with Gasteiger partial charge in [0.1, 0.15) is 0 Å². The van der Waals surface area contributed by atoms with Crippen molar-refractivity contribution in [2.45, 2.75) is 26.7 Å². The molecular weight excluding hydrogens is 168 g/mol. The van der Waals surface area contributed by atoms with E-state index >= 15 is 0 Å². The summed E-state index contributed by atoms with van der Waals surface area (Å²) in [6, 6.07) is 0. The van der Waals surface area contributed by atoms with Crippen molar-refractivity contribution in [3.05, 3.63) is 23.3 Å². The molecule has 13 heavy (non-hydrogen) atoms. The number of carboxylic acid groups (broad SMARTS) is 1. The molecule has 0 aliphatic rings. The minimum Gasteiger partial charge on any atom is -0.478 e. The van der Waals surface area contributed by atoms with Gasteiger partial charge in [0.05, 0.1) is 6.61 Å². The maximum absolute atomic E-state index is 10.2. The number of allylic oxidation sites excluding steroid dienone is 2. The number of rotatable bonds is 5. The van der Waals surface area contributed by atoms with Crippen LogP contribution < -0.4 is 0 Å². The van der Waals surface area contributed by atoms with Crippen molar-refractivity contribution < 1.29 is 15.0 Å². The summed E-state index contributed by atoms with van der Waals surface area (Å²) in [6.07, 6.45) is 4.63. The van der Waals surface area contributed by atoms with Gasteiger partial charge in [-0.05, 0) is 26.7 Å². The first-order valence-corrected chi connectivity index (χ1v) is 4.23. The Morgan fingerprint density at radius 3 is 2.38 bits per heavy atom. The van der Waals surface area contributed by atoms with Crippen LogP contribution in [-0.4, -0.2) is 22.8 Å². The molecule has 0 radical (unpaired) electrons. The molecule has 0 fully saturated rings. The van der Waals surface area contributed by atoms with Crippen LogP contribution in [0.25, 0.3) is 0 Å². The summed E-state index contributed by atoms with van der Waals surface area (Å²) < 4.78 is 0. The second-order valence-electron chi connectivity index (χ2n) is 3.08. The first-order valence-electron chi connectivity index (χ1n) is 4.23. The van der Waals surface area contributed by atoms with Crippen molar-refractivity contribution in [1.29, 1.82) is 0 Å². The van der Waals surface area contributed by atoms with E-state index in [0.717, 1.165) is 24.0 Å². The van der Waals surface area contributed by atoms with E-state index in [9.17, 15) is 4.79 Å². The highest BCUT2D eigenvalue weighted by molar-refractivity contribution is 5.80. The van der Waals surface area contributed by atoms with Crippen molar-refractivity contribution in [2.75, 3.05) is 6.61 Å². The molecular formula is C10H16O3. The largest absolute Gasteiger partial charge is 0.478 e. The zero-order valence-electron chi connectivity index (χ0n) is 8.08. The molecule has 0 saturated heterocycles.